The van der Waals surface area contributed by atoms with Crippen LogP contribution in [-0.2, 0) is 16.7 Å². The summed E-state index contributed by atoms with van der Waals surface area (Å²) in [4.78, 5) is 17.2. The number of benzene rings is 2. The van der Waals surface area contributed by atoms with E-state index < -0.39 is 10.1 Å². The Kier molecular flexibility index (Phi) is 6.23. The van der Waals surface area contributed by atoms with Crippen molar-refractivity contribution in [1.29, 1.82) is 0 Å². The van der Waals surface area contributed by atoms with E-state index in [1.165, 1.54) is 11.8 Å². The molecule has 3 aromatic rings. The summed E-state index contributed by atoms with van der Waals surface area (Å²) in [6.07, 6.45) is 0. The second kappa shape index (κ2) is 8.45. The number of aromatic nitrogens is 2. The van der Waals surface area contributed by atoms with Gasteiger partial charge in [0.1, 0.15) is 5.75 Å². The normalized spacial score (nSPS) is 11.6. The van der Waals surface area contributed by atoms with Gasteiger partial charge in [0.05, 0.1) is 16.7 Å². The monoisotopic (exact) mass is 468 g/mol. The minimum absolute atomic E-state index is 0.144. The molecule has 0 saturated carbocycles. The second-order valence-corrected chi connectivity index (χ2v) is 9.28. The fourth-order valence-corrected chi connectivity index (χ4v) is 5.17. The van der Waals surface area contributed by atoms with Gasteiger partial charge in [0.25, 0.3) is 5.56 Å². The predicted octanol–water partition coefficient (Wildman–Crippen LogP) is 3.68. The Hall–Kier alpha value is -1.84. The molecule has 1 heterocycles. The summed E-state index contributed by atoms with van der Waals surface area (Å²) in [5.74, 6) is 0.316. The number of hydrogen-bond acceptors (Lipinski definition) is 6. The van der Waals surface area contributed by atoms with Crippen molar-refractivity contribution in [3.8, 4) is 5.75 Å². The summed E-state index contributed by atoms with van der Waals surface area (Å²) < 4.78 is 31.7. The summed E-state index contributed by atoms with van der Waals surface area (Å²) in [6, 6.07) is 13.7. The number of para-hydroxylation sites is 1. The summed E-state index contributed by atoms with van der Waals surface area (Å²) in [5, 5.41) is 1.02. The Bertz CT molecular complexity index is 1120. The lowest BCUT2D eigenvalue weighted by atomic mass is 10.2. The Labute approximate surface area is 169 Å². The smallest absolute Gasteiger partial charge is 0.310 e. The highest BCUT2D eigenvalue weighted by atomic mass is 79.9. The van der Waals surface area contributed by atoms with Crippen LogP contribution in [0.5, 0.6) is 5.75 Å². The topological polar surface area (TPSA) is 78.3 Å². The van der Waals surface area contributed by atoms with Crippen molar-refractivity contribution >= 4 is 48.7 Å². The quantitative estimate of drug-likeness (QED) is 0.299. The zero-order valence-electron chi connectivity index (χ0n) is 14.5. The number of thioether (sulfide) groups is 1. The molecule has 0 fully saturated rings. The van der Waals surface area contributed by atoms with Crippen molar-refractivity contribution in [2.45, 2.75) is 18.6 Å². The summed E-state index contributed by atoms with van der Waals surface area (Å²) in [5.41, 5.74) is 0.438. The Morgan fingerprint density at radius 2 is 1.93 bits per heavy atom. The van der Waals surface area contributed by atoms with E-state index in [-0.39, 0.29) is 22.8 Å². The molecular weight excluding hydrogens is 452 g/mol. The first kappa shape index (κ1) is 19.9. The van der Waals surface area contributed by atoms with Crippen LogP contribution in [0, 0.1) is 0 Å². The number of hydrogen-bond donors (Lipinski definition) is 0. The summed E-state index contributed by atoms with van der Waals surface area (Å²) >= 11 is 4.58. The lowest BCUT2D eigenvalue weighted by molar-refractivity contribution is 0.488. The van der Waals surface area contributed by atoms with E-state index in [1.54, 1.807) is 47.0 Å². The van der Waals surface area contributed by atoms with Crippen LogP contribution in [0.15, 0.2) is 63.0 Å². The third-order valence-electron chi connectivity index (χ3n) is 3.73. The zero-order valence-corrected chi connectivity index (χ0v) is 17.7. The van der Waals surface area contributed by atoms with Gasteiger partial charge in [-0.05, 0) is 37.3 Å². The van der Waals surface area contributed by atoms with E-state index in [9.17, 15) is 13.2 Å². The highest BCUT2D eigenvalue weighted by Crippen LogP contribution is 2.21. The van der Waals surface area contributed by atoms with Crippen LogP contribution in [0.3, 0.4) is 0 Å². The molecule has 142 valence electrons. The van der Waals surface area contributed by atoms with Crippen molar-refractivity contribution in [1.82, 2.24) is 9.55 Å². The molecule has 0 aliphatic carbocycles. The Morgan fingerprint density at radius 3 is 2.63 bits per heavy atom. The maximum Gasteiger partial charge on any atom is 0.310 e. The highest BCUT2D eigenvalue weighted by Gasteiger charge is 2.15. The highest BCUT2D eigenvalue weighted by molar-refractivity contribution is 9.10. The predicted molar refractivity (Wildman–Crippen MR) is 111 cm³/mol. The third kappa shape index (κ3) is 4.91. The van der Waals surface area contributed by atoms with Crippen molar-refractivity contribution in [3.05, 3.63) is 63.4 Å². The van der Waals surface area contributed by atoms with Crippen molar-refractivity contribution in [3.63, 3.8) is 0 Å². The first-order valence-electron chi connectivity index (χ1n) is 8.20. The van der Waals surface area contributed by atoms with Crippen LogP contribution in [-0.4, -0.2) is 29.5 Å². The molecule has 0 saturated heterocycles. The third-order valence-corrected chi connectivity index (χ3v) is 6.61. The Morgan fingerprint density at radius 1 is 1.19 bits per heavy atom. The molecule has 0 spiro atoms. The van der Waals surface area contributed by atoms with Gasteiger partial charge in [0.15, 0.2) is 5.16 Å². The van der Waals surface area contributed by atoms with E-state index in [0.717, 1.165) is 4.47 Å². The summed E-state index contributed by atoms with van der Waals surface area (Å²) in [6.45, 7) is 2.30. The average molecular weight is 469 g/mol. The molecule has 0 amide bonds. The second-order valence-electron chi connectivity index (χ2n) is 5.61. The first-order chi connectivity index (χ1) is 12.9. The van der Waals surface area contributed by atoms with E-state index in [0.29, 0.717) is 22.6 Å². The molecule has 0 atom stereocenters. The van der Waals surface area contributed by atoms with Crippen LogP contribution >= 0.6 is 27.7 Å². The molecule has 2 aromatic carbocycles. The number of rotatable bonds is 7. The molecule has 0 unspecified atom stereocenters. The van der Waals surface area contributed by atoms with Gasteiger partial charge in [-0.3, -0.25) is 9.36 Å². The molecular formula is C18H17BrN2O4S2. The van der Waals surface area contributed by atoms with Gasteiger partial charge in [-0.1, -0.05) is 45.9 Å². The lowest BCUT2D eigenvalue weighted by Gasteiger charge is -2.11. The lowest BCUT2D eigenvalue weighted by Crippen LogP contribution is -2.23. The van der Waals surface area contributed by atoms with Gasteiger partial charge >= 0.3 is 10.1 Å². The Balaban J connectivity index is 1.77. The van der Waals surface area contributed by atoms with Crippen LogP contribution in [0.1, 0.15) is 6.92 Å². The van der Waals surface area contributed by atoms with Crippen LogP contribution < -0.4 is 9.74 Å². The van der Waals surface area contributed by atoms with Gasteiger partial charge < -0.3 is 4.18 Å². The molecule has 0 aliphatic rings. The largest absolute Gasteiger partial charge is 0.382 e. The number of nitrogens with zero attached hydrogens (tertiary/aromatic N) is 2. The van der Waals surface area contributed by atoms with Gasteiger partial charge in [-0.15, -0.1) is 0 Å². The SMILES string of the molecule is CCn1c(SCCS(=O)(=O)Oc2ccccc2)nc2ccc(Br)cc2c1=O. The molecule has 27 heavy (non-hydrogen) atoms. The summed E-state index contributed by atoms with van der Waals surface area (Å²) in [7, 11) is -3.72. The fraction of sp³-hybridized carbons (Fsp3) is 0.222. The molecule has 9 heteroatoms. The molecule has 0 N–H and O–H groups in total. The first-order valence-corrected chi connectivity index (χ1v) is 11.6. The molecule has 6 nitrogen and oxygen atoms in total. The van der Waals surface area contributed by atoms with Crippen molar-refractivity contribution < 1.29 is 12.6 Å². The van der Waals surface area contributed by atoms with E-state index in [1.807, 2.05) is 13.0 Å². The molecule has 3 rings (SSSR count). The van der Waals surface area contributed by atoms with Crippen LogP contribution in [0.4, 0.5) is 0 Å². The average Bonchev–Trinajstić information content (AvgIpc) is 2.63. The molecule has 0 radical (unpaired) electrons. The van der Waals surface area contributed by atoms with Gasteiger partial charge in [-0.25, -0.2) is 4.98 Å². The minimum Gasteiger partial charge on any atom is -0.382 e. The number of halogens is 1. The minimum atomic E-state index is -3.72. The van der Waals surface area contributed by atoms with Crippen molar-refractivity contribution in [2.75, 3.05) is 11.5 Å². The van der Waals surface area contributed by atoms with E-state index in [2.05, 4.69) is 20.9 Å². The van der Waals surface area contributed by atoms with Crippen LogP contribution in [0.2, 0.25) is 0 Å². The fourth-order valence-electron chi connectivity index (χ4n) is 2.46. The zero-order chi connectivity index (χ0) is 19.4. The maximum absolute atomic E-state index is 12.7. The van der Waals surface area contributed by atoms with Crippen molar-refractivity contribution in [2.24, 2.45) is 0 Å². The number of fused-ring (bicyclic) bond motifs is 1. The molecule has 0 aliphatic heterocycles. The van der Waals surface area contributed by atoms with Gasteiger partial charge in [0.2, 0.25) is 0 Å². The van der Waals surface area contributed by atoms with Gasteiger partial charge in [-0.2, -0.15) is 8.42 Å². The maximum atomic E-state index is 12.7. The van der Waals surface area contributed by atoms with E-state index in [4.69, 9.17) is 4.18 Å². The van der Waals surface area contributed by atoms with Crippen LogP contribution in [0.25, 0.3) is 10.9 Å². The van der Waals surface area contributed by atoms with E-state index >= 15 is 0 Å². The van der Waals surface area contributed by atoms with Gasteiger partial charge in [0, 0.05) is 16.8 Å². The molecule has 0 bridgehead atoms. The molecule has 1 aromatic heterocycles. The standard InChI is InChI=1S/C18H17BrN2O4S2/c1-2-21-17(22)15-12-13(19)8-9-16(15)20-18(21)26-10-11-27(23,24)25-14-6-4-3-5-7-14/h3-9,12H,2,10-11H2,1H3.